The molecule has 0 aliphatic heterocycles. The number of nitrogens with one attached hydrogen (secondary N) is 1. The minimum Gasteiger partial charge on any atom is -0.315 e. The van der Waals surface area contributed by atoms with E-state index in [0.717, 1.165) is 25.9 Å². The standard InChI is InChI=1S/C13H24ClN3/c1-13(2,3)7-12(14)9-15-6-5-11-8-16-17(4)10-11/h8,10,12,15H,5-7,9H2,1-4H3. The fraction of sp³-hybridized carbons (Fsp3) is 0.769. The summed E-state index contributed by atoms with van der Waals surface area (Å²) in [7, 11) is 1.94. The molecule has 1 unspecified atom stereocenters. The first-order valence-corrected chi connectivity index (χ1v) is 6.63. The molecule has 0 amide bonds. The number of aryl methyl sites for hydroxylation is 1. The summed E-state index contributed by atoms with van der Waals surface area (Å²) in [4.78, 5) is 0. The predicted molar refractivity (Wildman–Crippen MR) is 73.5 cm³/mol. The van der Waals surface area contributed by atoms with Crippen LogP contribution >= 0.6 is 11.6 Å². The highest BCUT2D eigenvalue weighted by molar-refractivity contribution is 6.20. The number of rotatable bonds is 6. The van der Waals surface area contributed by atoms with Gasteiger partial charge < -0.3 is 5.32 Å². The molecule has 0 saturated carbocycles. The lowest BCUT2D eigenvalue weighted by molar-refractivity contribution is 0.365. The van der Waals surface area contributed by atoms with Crippen molar-refractivity contribution in [2.45, 2.75) is 39.0 Å². The smallest absolute Gasteiger partial charge is 0.0522 e. The number of halogens is 1. The van der Waals surface area contributed by atoms with Gasteiger partial charge >= 0.3 is 0 Å². The number of aromatic nitrogens is 2. The topological polar surface area (TPSA) is 29.9 Å². The number of alkyl halides is 1. The van der Waals surface area contributed by atoms with Crippen LogP contribution in [0.2, 0.25) is 0 Å². The van der Waals surface area contributed by atoms with Gasteiger partial charge in [-0.3, -0.25) is 4.68 Å². The summed E-state index contributed by atoms with van der Waals surface area (Å²) in [6.45, 7) is 8.49. The molecule has 0 bridgehead atoms. The zero-order valence-corrected chi connectivity index (χ0v) is 12.1. The van der Waals surface area contributed by atoms with Crippen LogP contribution in [-0.2, 0) is 13.5 Å². The van der Waals surface area contributed by atoms with Crippen LogP contribution < -0.4 is 5.32 Å². The van der Waals surface area contributed by atoms with Crippen molar-refractivity contribution in [3.8, 4) is 0 Å². The van der Waals surface area contributed by atoms with Crippen LogP contribution in [0.5, 0.6) is 0 Å². The van der Waals surface area contributed by atoms with Crippen molar-refractivity contribution in [3.05, 3.63) is 18.0 Å². The Kier molecular flexibility index (Phi) is 5.47. The van der Waals surface area contributed by atoms with Crippen LogP contribution in [0.4, 0.5) is 0 Å². The van der Waals surface area contributed by atoms with Crippen LogP contribution in [0.25, 0.3) is 0 Å². The molecule has 0 radical (unpaired) electrons. The molecule has 4 heteroatoms. The third-order valence-electron chi connectivity index (χ3n) is 2.55. The van der Waals surface area contributed by atoms with Crippen LogP contribution in [0, 0.1) is 5.41 Å². The first-order chi connectivity index (χ1) is 7.87. The minimum absolute atomic E-state index is 0.212. The molecule has 0 spiro atoms. The van der Waals surface area contributed by atoms with E-state index in [0.29, 0.717) is 5.41 Å². The lowest BCUT2D eigenvalue weighted by Gasteiger charge is -2.21. The van der Waals surface area contributed by atoms with Crippen LogP contribution in [0.3, 0.4) is 0 Å². The SMILES string of the molecule is Cn1cc(CCNCC(Cl)CC(C)(C)C)cn1. The van der Waals surface area contributed by atoms with Gasteiger partial charge in [0.25, 0.3) is 0 Å². The van der Waals surface area contributed by atoms with E-state index < -0.39 is 0 Å². The molecule has 1 rings (SSSR count). The Labute approximate surface area is 110 Å². The quantitative estimate of drug-likeness (QED) is 0.627. The molecule has 0 saturated heterocycles. The summed E-state index contributed by atoms with van der Waals surface area (Å²) in [5.41, 5.74) is 1.57. The summed E-state index contributed by atoms with van der Waals surface area (Å²) in [6, 6.07) is 0. The van der Waals surface area contributed by atoms with Gasteiger partial charge in [0.05, 0.1) is 6.20 Å². The van der Waals surface area contributed by atoms with Gasteiger partial charge in [0.15, 0.2) is 0 Å². The van der Waals surface area contributed by atoms with Crippen molar-refractivity contribution < 1.29 is 0 Å². The molecule has 1 atom stereocenters. The van der Waals surface area contributed by atoms with Crippen molar-refractivity contribution in [3.63, 3.8) is 0 Å². The second kappa shape index (κ2) is 6.41. The maximum Gasteiger partial charge on any atom is 0.0522 e. The predicted octanol–water partition coefficient (Wildman–Crippen LogP) is 2.60. The van der Waals surface area contributed by atoms with Gasteiger partial charge in [0, 0.05) is 25.2 Å². The molecule has 1 aromatic rings. The van der Waals surface area contributed by atoms with E-state index in [9.17, 15) is 0 Å². The van der Waals surface area contributed by atoms with Gasteiger partial charge in [-0.2, -0.15) is 5.10 Å². The number of hydrogen-bond donors (Lipinski definition) is 1. The Bertz CT molecular complexity index is 328. The van der Waals surface area contributed by atoms with Crippen molar-refractivity contribution in [1.29, 1.82) is 0 Å². The van der Waals surface area contributed by atoms with Crippen molar-refractivity contribution >= 4 is 11.6 Å². The highest BCUT2D eigenvalue weighted by atomic mass is 35.5. The third-order valence-corrected chi connectivity index (χ3v) is 2.86. The fourth-order valence-electron chi connectivity index (χ4n) is 1.83. The lowest BCUT2D eigenvalue weighted by atomic mass is 9.90. The largest absolute Gasteiger partial charge is 0.315 e. The molecule has 1 heterocycles. The summed E-state index contributed by atoms with van der Waals surface area (Å²) in [6.07, 6.45) is 6.01. The first kappa shape index (κ1) is 14.5. The second-order valence-corrected chi connectivity index (χ2v) is 6.46. The molecule has 0 aliphatic carbocycles. The summed E-state index contributed by atoms with van der Waals surface area (Å²) < 4.78 is 1.83. The average Bonchev–Trinajstić information content (AvgIpc) is 2.56. The molecule has 0 aromatic carbocycles. The zero-order chi connectivity index (χ0) is 12.9. The number of hydrogen-bond acceptors (Lipinski definition) is 2. The Balaban J connectivity index is 2.12. The average molecular weight is 258 g/mol. The summed E-state index contributed by atoms with van der Waals surface area (Å²) >= 11 is 6.27. The minimum atomic E-state index is 0.212. The molecular weight excluding hydrogens is 234 g/mol. The Morgan fingerprint density at radius 2 is 2.18 bits per heavy atom. The Morgan fingerprint density at radius 3 is 2.71 bits per heavy atom. The van der Waals surface area contributed by atoms with Gasteiger partial charge in [0.1, 0.15) is 0 Å². The molecule has 1 aromatic heterocycles. The summed E-state index contributed by atoms with van der Waals surface area (Å²) in [5.74, 6) is 0. The molecule has 17 heavy (non-hydrogen) atoms. The van der Waals surface area contributed by atoms with Crippen LogP contribution in [-0.4, -0.2) is 28.2 Å². The Hall–Kier alpha value is -0.540. The van der Waals surface area contributed by atoms with Crippen LogP contribution in [0.15, 0.2) is 12.4 Å². The highest BCUT2D eigenvalue weighted by Crippen LogP contribution is 2.23. The second-order valence-electron chi connectivity index (χ2n) is 5.84. The van der Waals surface area contributed by atoms with Crippen LogP contribution in [0.1, 0.15) is 32.8 Å². The van der Waals surface area contributed by atoms with E-state index in [2.05, 4.69) is 37.4 Å². The Morgan fingerprint density at radius 1 is 1.47 bits per heavy atom. The van der Waals surface area contributed by atoms with Gasteiger partial charge in [-0.05, 0) is 30.4 Å². The van der Waals surface area contributed by atoms with E-state index in [1.54, 1.807) is 0 Å². The highest BCUT2D eigenvalue weighted by Gasteiger charge is 2.16. The van der Waals surface area contributed by atoms with Gasteiger partial charge in [0.2, 0.25) is 0 Å². The molecular formula is C13H24ClN3. The maximum absolute atomic E-state index is 6.27. The van der Waals surface area contributed by atoms with E-state index >= 15 is 0 Å². The molecule has 1 N–H and O–H groups in total. The van der Waals surface area contributed by atoms with E-state index in [4.69, 9.17) is 11.6 Å². The summed E-state index contributed by atoms with van der Waals surface area (Å²) in [5, 5.41) is 7.75. The first-order valence-electron chi connectivity index (χ1n) is 6.19. The molecule has 0 fully saturated rings. The zero-order valence-electron chi connectivity index (χ0n) is 11.3. The van der Waals surface area contributed by atoms with Crippen molar-refractivity contribution in [1.82, 2.24) is 15.1 Å². The maximum atomic E-state index is 6.27. The normalized spacial score (nSPS) is 13.9. The van der Waals surface area contributed by atoms with Gasteiger partial charge in [-0.25, -0.2) is 0 Å². The van der Waals surface area contributed by atoms with Crippen molar-refractivity contribution in [2.24, 2.45) is 12.5 Å². The molecule has 98 valence electrons. The van der Waals surface area contributed by atoms with E-state index in [1.165, 1.54) is 5.56 Å². The van der Waals surface area contributed by atoms with E-state index in [-0.39, 0.29) is 5.38 Å². The third kappa shape index (κ3) is 6.69. The van der Waals surface area contributed by atoms with E-state index in [1.807, 2.05) is 17.9 Å². The van der Waals surface area contributed by atoms with Crippen molar-refractivity contribution in [2.75, 3.05) is 13.1 Å². The molecule has 0 aliphatic rings. The molecule has 3 nitrogen and oxygen atoms in total. The number of nitrogens with zero attached hydrogens (tertiary/aromatic N) is 2. The lowest BCUT2D eigenvalue weighted by Crippen LogP contribution is -2.28. The fourth-order valence-corrected chi connectivity index (χ4v) is 2.40. The monoisotopic (exact) mass is 257 g/mol. The van der Waals surface area contributed by atoms with Gasteiger partial charge in [-0.1, -0.05) is 20.8 Å². The van der Waals surface area contributed by atoms with Gasteiger partial charge in [-0.15, -0.1) is 11.6 Å².